The number of rotatable bonds is 4. The van der Waals surface area contributed by atoms with Crippen LogP contribution in [-0.4, -0.2) is 30.4 Å². The summed E-state index contributed by atoms with van der Waals surface area (Å²) in [6.07, 6.45) is 0.840. The Kier molecular flexibility index (Phi) is 3.71. The van der Waals surface area contributed by atoms with Gasteiger partial charge in [0.25, 0.3) is 0 Å². The number of carboxylic acid groups (broad SMARTS) is 1. The van der Waals surface area contributed by atoms with Gasteiger partial charge in [-0.1, -0.05) is 0 Å². The van der Waals surface area contributed by atoms with E-state index in [4.69, 9.17) is 14.6 Å². The molecular weight excluding hydrogens is 227 g/mol. The van der Waals surface area contributed by atoms with Gasteiger partial charge in [0.15, 0.2) is 0 Å². The van der Waals surface area contributed by atoms with E-state index in [1.165, 1.54) is 12.1 Å². The van der Waals surface area contributed by atoms with Crippen molar-refractivity contribution in [2.24, 2.45) is 0 Å². The molecule has 0 spiro atoms. The Bertz CT molecular complexity index is 413. The van der Waals surface area contributed by atoms with Crippen LogP contribution >= 0.6 is 0 Å². The van der Waals surface area contributed by atoms with Crippen LogP contribution in [0, 0.1) is 5.82 Å². The minimum absolute atomic E-state index is 0.0199. The molecule has 1 heterocycles. The number of ether oxygens (including phenoxy) is 2. The van der Waals surface area contributed by atoms with Gasteiger partial charge in [-0.25, -0.2) is 9.18 Å². The maximum absolute atomic E-state index is 13.1. The molecule has 2 rings (SSSR count). The van der Waals surface area contributed by atoms with Crippen LogP contribution in [0.25, 0.3) is 0 Å². The molecule has 0 bridgehead atoms. The van der Waals surface area contributed by atoms with Crippen molar-refractivity contribution in [2.45, 2.75) is 19.1 Å². The van der Waals surface area contributed by atoms with E-state index in [1.807, 2.05) is 0 Å². The molecule has 1 aliphatic heterocycles. The van der Waals surface area contributed by atoms with Gasteiger partial charge >= 0.3 is 5.97 Å². The minimum Gasteiger partial charge on any atom is -0.478 e. The number of hydrogen-bond acceptors (Lipinski definition) is 3. The molecule has 4 nitrogen and oxygen atoms in total. The molecule has 1 aromatic rings. The van der Waals surface area contributed by atoms with Gasteiger partial charge < -0.3 is 14.6 Å². The van der Waals surface area contributed by atoms with Crippen LogP contribution in [0.2, 0.25) is 0 Å². The molecular formula is C12H13FO4. The molecule has 0 amide bonds. The highest BCUT2D eigenvalue weighted by Gasteiger charge is 2.16. The van der Waals surface area contributed by atoms with Crippen molar-refractivity contribution in [3.05, 3.63) is 35.1 Å². The lowest BCUT2D eigenvalue weighted by Gasteiger charge is -2.10. The molecule has 17 heavy (non-hydrogen) atoms. The molecule has 92 valence electrons. The molecule has 1 aromatic carbocycles. The van der Waals surface area contributed by atoms with Crippen molar-refractivity contribution in [1.82, 2.24) is 0 Å². The standard InChI is InChI=1S/C12H13FO4/c13-10-4-8(3-9(5-10)12(14)15)6-17-11-1-2-16-7-11/h3-5,11H,1-2,6-7H2,(H,14,15). The maximum atomic E-state index is 13.1. The van der Waals surface area contributed by atoms with Crippen LogP contribution in [-0.2, 0) is 16.1 Å². The van der Waals surface area contributed by atoms with Gasteiger partial charge in [-0.15, -0.1) is 0 Å². The number of carboxylic acids is 1. The fraction of sp³-hybridized carbons (Fsp3) is 0.417. The molecule has 0 radical (unpaired) electrons. The second kappa shape index (κ2) is 5.25. The van der Waals surface area contributed by atoms with Crippen LogP contribution in [0.1, 0.15) is 22.3 Å². The van der Waals surface area contributed by atoms with Gasteiger partial charge in [-0.3, -0.25) is 0 Å². The quantitative estimate of drug-likeness (QED) is 0.872. The fourth-order valence-electron chi connectivity index (χ4n) is 1.72. The third kappa shape index (κ3) is 3.25. The summed E-state index contributed by atoms with van der Waals surface area (Å²) in [4.78, 5) is 10.7. The topological polar surface area (TPSA) is 55.8 Å². The van der Waals surface area contributed by atoms with Crippen LogP contribution < -0.4 is 0 Å². The zero-order valence-electron chi connectivity index (χ0n) is 9.19. The van der Waals surface area contributed by atoms with E-state index in [-0.39, 0.29) is 18.3 Å². The maximum Gasteiger partial charge on any atom is 0.335 e. The lowest BCUT2D eigenvalue weighted by Crippen LogP contribution is -2.12. The van der Waals surface area contributed by atoms with Gasteiger partial charge in [0.2, 0.25) is 0 Å². The fourth-order valence-corrected chi connectivity index (χ4v) is 1.72. The number of benzene rings is 1. The van der Waals surface area contributed by atoms with Crippen molar-refractivity contribution in [3.8, 4) is 0 Å². The van der Waals surface area contributed by atoms with E-state index in [1.54, 1.807) is 0 Å². The lowest BCUT2D eigenvalue weighted by atomic mass is 10.1. The van der Waals surface area contributed by atoms with E-state index in [2.05, 4.69) is 0 Å². The van der Waals surface area contributed by atoms with Crippen molar-refractivity contribution < 1.29 is 23.8 Å². The highest BCUT2D eigenvalue weighted by atomic mass is 19.1. The zero-order valence-corrected chi connectivity index (χ0v) is 9.19. The summed E-state index contributed by atoms with van der Waals surface area (Å²) in [6.45, 7) is 1.42. The Morgan fingerprint density at radius 1 is 1.53 bits per heavy atom. The first kappa shape index (κ1) is 12.0. The summed E-state index contributed by atoms with van der Waals surface area (Å²) >= 11 is 0. The second-order valence-electron chi connectivity index (χ2n) is 3.95. The molecule has 1 fully saturated rings. The zero-order chi connectivity index (χ0) is 12.3. The Morgan fingerprint density at radius 2 is 2.35 bits per heavy atom. The van der Waals surface area contributed by atoms with E-state index >= 15 is 0 Å². The number of halogens is 1. The third-order valence-electron chi connectivity index (χ3n) is 2.58. The SMILES string of the molecule is O=C(O)c1cc(F)cc(COC2CCOC2)c1. The normalized spacial score (nSPS) is 19.5. The minimum atomic E-state index is -1.14. The predicted octanol–water partition coefficient (Wildman–Crippen LogP) is 1.83. The molecule has 0 aliphatic carbocycles. The van der Waals surface area contributed by atoms with E-state index in [0.717, 1.165) is 12.5 Å². The van der Waals surface area contributed by atoms with Gasteiger partial charge in [0.05, 0.1) is 24.9 Å². The summed E-state index contributed by atoms with van der Waals surface area (Å²) in [6, 6.07) is 3.69. The van der Waals surface area contributed by atoms with Crippen LogP contribution in [0.3, 0.4) is 0 Å². The average molecular weight is 240 g/mol. The van der Waals surface area contributed by atoms with E-state index in [9.17, 15) is 9.18 Å². The third-order valence-corrected chi connectivity index (χ3v) is 2.58. The van der Waals surface area contributed by atoms with E-state index in [0.29, 0.717) is 18.8 Å². The predicted molar refractivity (Wildman–Crippen MR) is 57.4 cm³/mol. The molecule has 1 unspecified atom stereocenters. The molecule has 0 saturated carbocycles. The molecule has 1 aliphatic rings. The monoisotopic (exact) mass is 240 g/mol. The van der Waals surface area contributed by atoms with Gasteiger partial charge in [0, 0.05) is 6.61 Å². The summed E-state index contributed by atoms with van der Waals surface area (Å²) in [5.41, 5.74) is 0.459. The first-order valence-corrected chi connectivity index (χ1v) is 5.37. The Hall–Kier alpha value is -1.46. The molecule has 1 atom stereocenters. The largest absolute Gasteiger partial charge is 0.478 e. The number of aromatic carboxylic acids is 1. The lowest BCUT2D eigenvalue weighted by molar-refractivity contribution is 0.0316. The summed E-state index contributed by atoms with van der Waals surface area (Å²) in [7, 11) is 0. The van der Waals surface area contributed by atoms with Crippen LogP contribution in [0.5, 0.6) is 0 Å². The second-order valence-corrected chi connectivity index (χ2v) is 3.95. The summed E-state index contributed by atoms with van der Waals surface area (Å²) in [5, 5.41) is 8.79. The van der Waals surface area contributed by atoms with Crippen molar-refractivity contribution >= 4 is 5.97 Å². The van der Waals surface area contributed by atoms with Crippen molar-refractivity contribution in [1.29, 1.82) is 0 Å². The van der Waals surface area contributed by atoms with Gasteiger partial charge in [-0.2, -0.15) is 0 Å². The Balaban J connectivity index is 2.01. The van der Waals surface area contributed by atoms with Crippen molar-refractivity contribution in [2.75, 3.05) is 13.2 Å². The molecule has 0 aromatic heterocycles. The highest BCUT2D eigenvalue weighted by molar-refractivity contribution is 5.87. The van der Waals surface area contributed by atoms with E-state index < -0.39 is 11.8 Å². The first-order chi connectivity index (χ1) is 8.15. The van der Waals surface area contributed by atoms with Crippen molar-refractivity contribution in [3.63, 3.8) is 0 Å². The molecule has 1 saturated heterocycles. The van der Waals surface area contributed by atoms with Gasteiger partial charge in [-0.05, 0) is 30.2 Å². The number of carbonyl (C=O) groups is 1. The summed E-state index contributed by atoms with van der Waals surface area (Å²) < 4.78 is 23.8. The summed E-state index contributed by atoms with van der Waals surface area (Å²) in [5.74, 6) is -1.71. The van der Waals surface area contributed by atoms with Gasteiger partial charge in [0.1, 0.15) is 5.82 Å². The Morgan fingerprint density at radius 3 is 3.00 bits per heavy atom. The Labute approximate surface area is 98.0 Å². The number of hydrogen-bond donors (Lipinski definition) is 1. The first-order valence-electron chi connectivity index (χ1n) is 5.37. The molecule has 5 heteroatoms. The molecule has 1 N–H and O–H groups in total. The smallest absolute Gasteiger partial charge is 0.335 e. The van der Waals surface area contributed by atoms with Crippen LogP contribution in [0.4, 0.5) is 4.39 Å². The van der Waals surface area contributed by atoms with Crippen LogP contribution in [0.15, 0.2) is 18.2 Å². The highest BCUT2D eigenvalue weighted by Crippen LogP contribution is 2.14. The average Bonchev–Trinajstić information content (AvgIpc) is 2.78.